The lowest BCUT2D eigenvalue weighted by Gasteiger charge is -2.30. The monoisotopic (exact) mass is 559 g/mol. The van der Waals surface area contributed by atoms with E-state index in [4.69, 9.17) is 0 Å². The van der Waals surface area contributed by atoms with Crippen LogP contribution in [-0.2, 0) is 32.3 Å². The number of benzene rings is 2. The summed E-state index contributed by atoms with van der Waals surface area (Å²) in [6.07, 6.45) is -3.40. The second-order valence-corrected chi connectivity index (χ2v) is 11.0. The van der Waals surface area contributed by atoms with Crippen LogP contribution in [0.3, 0.4) is 0 Å². The molecular formula is C26H33F4N3O4S. The molecular weight excluding hydrogens is 526 g/mol. The van der Waals surface area contributed by atoms with Gasteiger partial charge in [0.25, 0.3) is 0 Å². The summed E-state index contributed by atoms with van der Waals surface area (Å²) in [5, 5.41) is 2.79. The number of carbonyl (C=O) groups excluding carboxylic acids is 2. The van der Waals surface area contributed by atoms with Gasteiger partial charge >= 0.3 is 6.18 Å². The van der Waals surface area contributed by atoms with Crippen LogP contribution < -0.4 is 9.62 Å². The Morgan fingerprint density at radius 2 is 1.71 bits per heavy atom. The van der Waals surface area contributed by atoms with Crippen molar-refractivity contribution >= 4 is 27.5 Å². The summed E-state index contributed by atoms with van der Waals surface area (Å²) in [4.78, 5) is 27.2. The van der Waals surface area contributed by atoms with Crippen molar-refractivity contribution in [3.8, 4) is 0 Å². The van der Waals surface area contributed by atoms with Gasteiger partial charge in [-0.15, -0.1) is 0 Å². The predicted molar refractivity (Wildman–Crippen MR) is 137 cm³/mol. The lowest BCUT2D eigenvalue weighted by molar-refractivity contribution is -0.141. The first-order chi connectivity index (χ1) is 17.6. The smallest absolute Gasteiger partial charge is 0.352 e. The average Bonchev–Trinajstić information content (AvgIpc) is 2.84. The fraction of sp³-hybridized carbons (Fsp3) is 0.462. The van der Waals surface area contributed by atoms with Gasteiger partial charge in [-0.2, -0.15) is 13.2 Å². The fourth-order valence-electron chi connectivity index (χ4n) is 3.70. The van der Waals surface area contributed by atoms with Gasteiger partial charge < -0.3 is 10.2 Å². The van der Waals surface area contributed by atoms with Crippen LogP contribution in [0, 0.1) is 5.82 Å². The Hall–Kier alpha value is -3.15. The Kier molecular flexibility index (Phi) is 10.7. The minimum absolute atomic E-state index is 0.0460. The van der Waals surface area contributed by atoms with Crippen LogP contribution in [-0.4, -0.2) is 50.0 Å². The molecule has 0 aromatic heterocycles. The molecule has 0 unspecified atom stereocenters. The number of nitrogens with one attached hydrogen (secondary N) is 1. The van der Waals surface area contributed by atoms with E-state index < -0.39 is 45.4 Å². The molecule has 38 heavy (non-hydrogen) atoms. The highest BCUT2D eigenvalue weighted by atomic mass is 32.2. The molecule has 1 N–H and O–H groups in total. The van der Waals surface area contributed by atoms with Gasteiger partial charge in [0, 0.05) is 31.1 Å². The molecule has 2 amide bonds. The second kappa shape index (κ2) is 13.1. The molecule has 0 aliphatic heterocycles. The van der Waals surface area contributed by atoms with Crippen LogP contribution in [0.5, 0.6) is 0 Å². The number of sulfonamides is 1. The highest BCUT2D eigenvalue weighted by molar-refractivity contribution is 7.92. The summed E-state index contributed by atoms with van der Waals surface area (Å²) in [5.41, 5.74) is -0.984. The van der Waals surface area contributed by atoms with E-state index in [1.165, 1.54) is 36.1 Å². The Bertz CT molecular complexity index is 1220. The quantitative estimate of drug-likeness (QED) is 0.381. The minimum atomic E-state index is -4.66. The largest absolute Gasteiger partial charge is 0.416 e. The zero-order valence-electron chi connectivity index (χ0n) is 21.8. The topological polar surface area (TPSA) is 86.8 Å². The van der Waals surface area contributed by atoms with Crippen LogP contribution >= 0.6 is 0 Å². The van der Waals surface area contributed by atoms with Crippen molar-refractivity contribution in [3.05, 3.63) is 65.5 Å². The van der Waals surface area contributed by atoms with Gasteiger partial charge in [-0.05, 0) is 51.0 Å². The summed E-state index contributed by atoms with van der Waals surface area (Å²) in [6.45, 7) is 4.75. The van der Waals surface area contributed by atoms with Crippen LogP contribution in [0.25, 0.3) is 0 Å². The molecule has 210 valence electrons. The van der Waals surface area contributed by atoms with Gasteiger partial charge in [-0.3, -0.25) is 13.9 Å². The molecule has 0 radical (unpaired) electrons. The maximum Gasteiger partial charge on any atom is 0.416 e. The summed E-state index contributed by atoms with van der Waals surface area (Å²) < 4.78 is 79.3. The van der Waals surface area contributed by atoms with E-state index >= 15 is 0 Å². The van der Waals surface area contributed by atoms with Crippen LogP contribution in [0.1, 0.15) is 51.2 Å². The number of halogens is 4. The van der Waals surface area contributed by atoms with E-state index in [9.17, 15) is 35.6 Å². The van der Waals surface area contributed by atoms with E-state index in [-0.39, 0.29) is 43.2 Å². The first-order valence-corrected chi connectivity index (χ1v) is 14.0. The molecule has 0 saturated carbocycles. The van der Waals surface area contributed by atoms with Crippen molar-refractivity contribution in [2.24, 2.45) is 0 Å². The fourth-order valence-corrected chi connectivity index (χ4v) is 4.66. The molecule has 0 heterocycles. The Morgan fingerprint density at radius 3 is 2.29 bits per heavy atom. The van der Waals surface area contributed by atoms with E-state index in [0.717, 1.165) is 28.8 Å². The summed E-state index contributed by atoms with van der Waals surface area (Å²) >= 11 is 0. The third kappa shape index (κ3) is 8.71. The van der Waals surface area contributed by atoms with E-state index in [0.29, 0.717) is 6.42 Å². The summed E-state index contributed by atoms with van der Waals surface area (Å²) in [5.74, 6) is -1.50. The highest BCUT2D eigenvalue weighted by Gasteiger charge is 2.32. The number of hydrogen-bond acceptors (Lipinski definition) is 4. The Labute approximate surface area is 220 Å². The van der Waals surface area contributed by atoms with Crippen LogP contribution in [0.2, 0.25) is 0 Å². The Morgan fingerprint density at radius 1 is 1.05 bits per heavy atom. The molecule has 2 atom stereocenters. The lowest BCUT2D eigenvalue weighted by atomic mass is 10.1. The second-order valence-electron chi connectivity index (χ2n) is 9.09. The minimum Gasteiger partial charge on any atom is -0.352 e. The average molecular weight is 560 g/mol. The summed E-state index contributed by atoms with van der Waals surface area (Å²) in [6, 6.07) is 8.64. The van der Waals surface area contributed by atoms with Crippen molar-refractivity contribution in [2.75, 3.05) is 17.1 Å². The lowest BCUT2D eigenvalue weighted by Crippen LogP contribution is -2.49. The molecule has 2 aromatic rings. The number of alkyl halides is 3. The maximum absolute atomic E-state index is 14.3. The number of carbonyl (C=O) groups is 2. The van der Waals surface area contributed by atoms with E-state index in [1.54, 1.807) is 13.0 Å². The maximum atomic E-state index is 14.3. The normalized spacial score (nSPS) is 13.5. The van der Waals surface area contributed by atoms with Gasteiger partial charge in [0.2, 0.25) is 21.8 Å². The SMILES string of the molecule is CC[C@@H](C)NC(=O)[C@@H](C)N(Cc1ccccc1F)C(=O)CCCN(c1cccc(C(F)(F)F)c1)S(C)(=O)=O. The molecule has 0 fully saturated rings. The molecule has 0 aliphatic rings. The third-order valence-corrected chi connectivity index (χ3v) is 7.27. The third-order valence-electron chi connectivity index (χ3n) is 6.08. The van der Waals surface area contributed by atoms with Crippen LogP contribution in [0.4, 0.5) is 23.2 Å². The Balaban J connectivity index is 2.23. The zero-order valence-corrected chi connectivity index (χ0v) is 22.6. The van der Waals surface area contributed by atoms with Gasteiger partial charge in [0.05, 0.1) is 17.5 Å². The van der Waals surface area contributed by atoms with E-state index in [2.05, 4.69) is 5.32 Å². The number of amides is 2. The molecule has 0 spiro atoms. The van der Waals surface area contributed by atoms with Gasteiger partial charge in [-0.25, -0.2) is 12.8 Å². The first kappa shape index (κ1) is 31.1. The number of rotatable bonds is 12. The number of nitrogens with zero attached hydrogens (tertiary/aromatic N) is 2. The number of anilines is 1. The van der Waals surface area contributed by atoms with Crippen molar-refractivity contribution in [2.45, 2.75) is 64.8 Å². The zero-order chi connectivity index (χ0) is 28.7. The number of hydrogen-bond donors (Lipinski definition) is 1. The standard InChI is InChI=1S/C26H33F4N3O4S/c1-5-18(2)31-25(35)19(3)32(17-20-10-6-7-13-23(20)27)24(34)14-9-15-33(38(4,36)37)22-12-8-11-21(16-22)26(28,29)30/h6-8,10-13,16,18-19H,5,9,14-15,17H2,1-4H3,(H,31,35)/t18-,19-/m1/s1. The predicted octanol–water partition coefficient (Wildman–Crippen LogP) is 4.72. The van der Waals surface area contributed by atoms with Gasteiger partial charge in [-0.1, -0.05) is 31.2 Å². The van der Waals surface area contributed by atoms with Crippen molar-refractivity contribution < 1.29 is 35.6 Å². The van der Waals surface area contributed by atoms with E-state index in [1.807, 2.05) is 6.92 Å². The highest BCUT2D eigenvalue weighted by Crippen LogP contribution is 2.32. The van der Waals surface area contributed by atoms with Gasteiger partial charge in [0.15, 0.2) is 0 Å². The molecule has 0 bridgehead atoms. The van der Waals surface area contributed by atoms with Crippen LogP contribution in [0.15, 0.2) is 48.5 Å². The van der Waals surface area contributed by atoms with Gasteiger partial charge in [0.1, 0.15) is 11.9 Å². The van der Waals surface area contributed by atoms with Crippen molar-refractivity contribution in [3.63, 3.8) is 0 Å². The van der Waals surface area contributed by atoms with Crippen molar-refractivity contribution in [1.82, 2.24) is 10.2 Å². The molecule has 2 rings (SSSR count). The summed E-state index contributed by atoms with van der Waals surface area (Å²) in [7, 11) is -3.97. The molecule has 7 nitrogen and oxygen atoms in total. The molecule has 0 aliphatic carbocycles. The molecule has 12 heteroatoms. The van der Waals surface area contributed by atoms with Crippen molar-refractivity contribution in [1.29, 1.82) is 0 Å². The first-order valence-electron chi connectivity index (χ1n) is 12.1. The molecule has 2 aromatic carbocycles. The molecule has 0 saturated heterocycles.